The summed E-state index contributed by atoms with van der Waals surface area (Å²) in [5.74, 6) is 0.937. The summed E-state index contributed by atoms with van der Waals surface area (Å²) in [6.45, 7) is 2.08. The van der Waals surface area contributed by atoms with E-state index in [0.717, 1.165) is 24.2 Å². The van der Waals surface area contributed by atoms with Gasteiger partial charge in [0, 0.05) is 24.7 Å². The highest BCUT2D eigenvalue weighted by atomic mass is 35.5. The molecule has 0 aliphatic rings. The van der Waals surface area contributed by atoms with E-state index < -0.39 is 0 Å². The van der Waals surface area contributed by atoms with Gasteiger partial charge < -0.3 is 4.57 Å². The van der Waals surface area contributed by atoms with Crippen LogP contribution in [0.4, 0.5) is 4.39 Å². The van der Waals surface area contributed by atoms with Gasteiger partial charge in [-0.05, 0) is 24.1 Å². The van der Waals surface area contributed by atoms with E-state index in [-0.39, 0.29) is 5.82 Å². The van der Waals surface area contributed by atoms with Crippen molar-refractivity contribution in [2.45, 2.75) is 25.6 Å². The number of hydrogen-bond donors (Lipinski definition) is 0. The van der Waals surface area contributed by atoms with Gasteiger partial charge in [-0.15, -0.1) is 11.6 Å². The molecule has 0 aliphatic carbocycles. The Balaban J connectivity index is 2.42. The van der Waals surface area contributed by atoms with Gasteiger partial charge in [0.1, 0.15) is 11.6 Å². The summed E-state index contributed by atoms with van der Waals surface area (Å²) < 4.78 is 15.7. The number of hydrogen-bond acceptors (Lipinski definition) is 1. The van der Waals surface area contributed by atoms with Gasteiger partial charge >= 0.3 is 0 Å². The van der Waals surface area contributed by atoms with Crippen LogP contribution < -0.4 is 0 Å². The number of rotatable bonds is 4. The molecular formula is C13H14ClFN2. The first-order valence-electron chi connectivity index (χ1n) is 5.63. The van der Waals surface area contributed by atoms with Crippen LogP contribution in [0.25, 0.3) is 5.69 Å². The van der Waals surface area contributed by atoms with Crippen molar-refractivity contribution >= 4 is 11.6 Å². The van der Waals surface area contributed by atoms with E-state index in [1.54, 1.807) is 23.0 Å². The molecule has 0 aliphatic heterocycles. The van der Waals surface area contributed by atoms with Crippen molar-refractivity contribution in [1.82, 2.24) is 9.55 Å². The van der Waals surface area contributed by atoms with Gasteiger partial charge in [0.15, 0.2) is 0 Å². The summed E-state index contributed by atoms with van der Waals surface area (Å²) >= 11 is 5.67. The molecule has 17 heavy (non-hydrogen) atoms. The lowest BCUT2D eigenvalue weighted by atomic mass is 10.2. The van der Waals surface area contributed by atoms with Gasteiger partial charge in [0.2, 0.25) is 0 Å². The van der Waals surface area contributed by atoms with Crippen molar-refractivity contribution in [3.05, 3.63) is 47.8 Å². The molecule has 0 radical (unpaired) electrons. The topological polar surface area (TPSA) is 17.8 Å². The molecule has 2 nitrogen and oxygen atoms in total. The van der Waals surface area contributed by atoms with Crippen LogP contribution in [0.15, 0.2) is 30.6 Å². The number of benzene rings is 1. The lowest BCUT2D eigenvalue weighted by molar-refractivity contribution is 0.613. The smallest absolute Gasteiger partial charge is 0.147 e. The van der Waals surface area contributed by atoms with Gasteiger partial charge in [-0.2, -0.15) is 0 Å². The summed E-state index contributed by atoms with van der Waals surface area (Å²) in [5.41, 5.74) is 1.31. The normalized spacial score (nSPS) is 10.8. The number of nitrogens with zero attached hydrogens (tertiary/aromatic N) is 2. The SMILES string of the molecule is CCCc1nccn1-c1ccc(CCl)cc1F. The molecule has 4 heteroatoms. The Hall–Kier alpha value is -1.35. The van der Waals surface area contributed by atoms with E-state index in [1.807, 2.05) is 6.07 Å². The molecule has 0 saturated carbocycles. The van der Waals surface area contributed by atoms with E-state index in [2.05, 4.69) is 11.9 Å². The maximum absolute atomic E-state index is 13.9. The van der Waals surface area contributed by atoms with Crippen LogP contribution in [0.2, 0.25) is 0 Å². The monoisotopic (exact) mass is 252 g/mol. The van der Waals surface area contributed by atoms with E-state index in [4.69, 9.17) is 11.6 Å². The van der Waals surface area contributed by atoms with Gasteiger partial charge in [0.25, 0.3) is 0 Å². The Bertz CT molecular complexity index is 508. The Labute approximate surface area is 105 Å². The second-order valence-electron chi connectivity index (χ2n) is 3.88. The zero-order valence-corrected chi connectivity index (χ0v) is 10.4. The molecule has 1 aromatic heterocycles. The van der Waals surface area contributed by atoms with Crippen molar-refractivity contribution in [2.75, 3.05) is 0 Å². The van der Waals surface area contributed by atoms with Gasteiger partial charge in [0.05, 0.1) is 5.69 Å². The average Bonchev–Trinajstić information content (AvgIpc) is 2.77. The highest BCUT2D eigenvalue weighted by Crippen LogP contribution is 2.18. The van der Waals surface area contributed by atoms with Crippen molar-refractivity contribution in [2.24, 2.45) is 0 Å². The van der Waals surface area contributed by atoms with Crippen molar-refractivity contribution in [3.8, 4) is 5.69 Å². The van der Waals surface area contributed by atoms with Crippen LogP contribution in [0, 0.1) is 5.82 Å². The molecule has 0 saturated heterocycles. The van der Waals surface area contributed by atoms with E-state index in [9.17, 15) is 4.39 Å². The molecule has 0 amide bonds. The molecule has 0 spiro atoms. The Morgan fingerprint density at radius 2 is 2.24 bits per heavy atom. The summed E-state index contributed by atoms with van der Waals surface area (Å²) in [4.78, 5) is 4.24. The van der Waals surface area contributed by atoms with Crippen LogP contribution >= 0.6 is 11.6 Å². The third kappa shape index (κ3) is 2.50. The lowest BCUT2D eigenvalue weighted by Crippen LogP contribution is -2.03. The second kappa shape index (κ2) is 5.32. The second-order valence-corrected chi connectivity index (χ2v) is 4.15. The summed E-state index contributed by atoms with van der Waals surface area (Å²) in [6.07, 6.45) is 5.30. The molecule has 0 fully saturated rings. The fourth-order valence-electron chi connectivity index (χ4n) is 1.79. The highest BCUT2D eigenvalue weighted by Gasteiger charge is 2.09. The Kier molecular flexibility index (Phi) is 3.79. The lowest BCUT2D eigenvalue weighted by Gasteiger charge is -2.09. The minimum atomic E-state index is -0.265. The highest BCUT2D eigenvalue weighted by molar-refractivity contribution is 6.17. The molecular weight excluding hydrogens is 239 g/mol. The fraction of sp³-hybridized carbons (Fsp3) is 0.308. The molecule has 2 aromatic rings. The van der Waals surface area contributed by atoms with Crippen LogP contribution in [0.1, 0.15) is 24.7 Å². The summed E-state index contributed by atoms with van der Waals surface area (Å²) in [5, 5.41) is 0. The van der Waals surface area contributed by atoms with E-state index in [1.165, 1.54) is 6.07 Å². The van der Waals surface area contributed by atoms with Gasteiger partial charge in [-0.1, -0.05) is 13.0 Å². The quantitative estimate of drug-likeness (QED) is 0.759. The molecule has 0 unspecified atom stereocenters. The fourth-order valence-corrected chi connectivity index (χ4v) is 1.96. The molecule has 1 heterocycles. The van der Waals surface area contributed by atoms with Crippen molar-refractivity contribution in [1.29, 1.82) is 0 Å². The third-order valence-electron chi connectivity index (χ3n) is 2.62. The minimum Gasteiger partial charge on any atom is -0.301 e. The van der Waals surface area contributed by atoms with Crippen molar-refractivity contribution in [3.63, 3.8) is 0 Å². The van der Waals surface area contributed by atoms with Crippen molar-refractivity contribution < 1.29 is 4.39 Å². The molecule has 0 N–H and O–H groups in total. The van der Waals surface area contributed by atoms with Crippen LogP contribution in [0.3, 0.4) is 0 Å². The molecule has 1 aromatic carbocycles. The number of imidazole rings is 1. The number of halogens is 2. The first kappa shape index (κ1) is 12.1. The molecule has 90 valence electrons. The van der Waals surface area contributed by atoms with Gasteiger partial charge in [-0.3, -0.25) is 0 Å². The zero-order chi connectivity index (χ0) is 12.3. The van der Waals surface area contributed by atoms with Crippen LogP contribution in [-0.2, 0) is 12.3 Å². The van der Waals surface area contributed by atoms with E-state index >= 15 is 0 Å². The third-order valence-corrected chi connectivity index (χ3v) is 2.93. The summed E-state index contributed by atoms with van der Waals surface area (Å²) in [6, 6.07) is 5.05. The first-order chi connectivity index (χ1) is 8.26. The maximum Gasteiger partial charge on any atom is 0.147 e. The minimum absolute atomic E-state index is 0.265. The standard InChI is InChI=1S/C13H14ClFN2/c1-2-3-13-16-6-7-17(13)12-5-4-10(9-14)8-11(12)15/h4-8H,2-3,9H2,1H3. The predicted molar refractivity (Wildman–Crippen MR) is 67.1 cm³/mol. The molecule has 2 rings (SSSR count). The number of aromatic nitrogens is 2. The van der Waals surface area contributed by atoms with Crippen LogP contribution in [-0.4, -0.2) is 9.55 Å². The zero-order valence-electron chi connectivity index (χ0n) is 9.66. The van der Waals surface area contributed by atoms with E-state index in [0.29, 0.717) is 11.6 Å². The van der Waals surface area contributed by atoms with Crippen LogP contribution in [0.5, 0.6) is 0 Å². The largest absolute Gasteiger partial charge is 0.301 e. The Morgan fingerprint density at radius 3 is 2.88 bits per heavy atom. The molecule has 0 bridgehead atoms. The average molecular weight is 253 g/mol. The number of aryl methyl sites for hydroxylation is 1. The predicted octanol–water partition coefficient (Wildman–Crippen LogP) is 3.70. The Morgan fingerprint density at radius 1 is 1.41 bits per heavy atom. The first-order valence-corrected chi connectivity index (χ1v) is 6.16. The number of alkyl halides is 1. The molecule has 0 atom stereocenters. The summed E-state index contributed by atoms with van der Waals surface area (Å²) in [7, 11) is 0. The van der Waals surface area contributed by atoms with Gasteiger partial charge in [-0.25, -0.2) is 9.37 Å². The maximum atomic E-state index is 13.9.